The molecule has 0 saturated carbocycles. The lowest BCUT2D eigenvalue weighted by molar-refractivity contribution is 0.393. The highest BCUT2D eigenvalue weighted by Crippen LogP contribution is 2.43. The Kier molecular flexibility index (Phi) is 3.50. The van der Waals surface area contributed by atoms with Crippen LogP contribution in [0.15, 0.2) is 71.1 Å². The molecule has 0 atom stereocenters. The largest absolute Gasteiger partial charge is 0.497 e. The predicted octanol–water partition coefficient (Wildman–Crippen LogP) is 5.82. The molecule has 0 aliphatic carbocycles. The van der Waals surface area contributed by atoms with E-state index in [4.69, 9.17) is 18.9 Å². The molecule has 0 fully saturated rings. The van der Waals surface area contributed by atoms with Crippen molar-refractivity contribution >= 4 is 32.8 Å². The highest BCUT2D eigenvalue weighted by molar-refractivity contribution is 6.21. The third-order valence-electron chi connectivity index (χ3n) is 4.85. The molecular formula is C23H17NO3. The van der Waals surface area contributed by atoms with Gasteiger partial charge in [0.1, 0.15) is 11.4 Å². The minimum Gasteiger partial charge on any atom is -0.497 e. The van der Waals surface area contributed by atoms with Gasteiger partial charge in [0.25, 0.3) is 0 Å². The predicted molar refractivity (Wildman–Crippen MR) is 108 cm³/mol. The molecule has 5 rings (SSSR count). The van der Waals surface area contributed by atoms with Crippen LogP contribution in [0.25, 0.3) is 44.1 Å². The lowest BCUT2D eigenvalue weighted by Crippen LogP contribution is -1.88. The number of para-hydroxylation sites is 1. The molecule has 2 aromatic heterocycles. The van der Waals surface area contributed by atoms with Crippen molar-refractivity contribution in [3.8, 4) is 22.8 Å². The molecule has 2 heterocycles. The summed E-state index contributed by atoms with van der Waals surface area (Å²) in [5.41, 5.74) is 4.21. The summed E-state index contributed by atoms with van der Waals surface area (Å²) in [6.45, 7) is 0. The number of fused-ring (bicyclic) bond motifs is 5. The van der Waals surface area contributed by atoms with Gasteiger partial charge >= 0.3 is 0 Å². The average molecular weight is 355 g/mol. The van der Waals surface area contributed by atoms with E-state index in [1.54, 1.807) is 14.2 Å². The molecule has 0 radical (unpaired) electrons. The Bertz CT molecular complexity index is 1290. The molecule has 0 unspecified atom stereocenters. The Balaban J connectivity index is 2.02. The Hall–Kier alpha value is -3.53. The number of hydrogen-bond donors (Lipinski definition) is 0. The van der Waals surface area contributed by atoms with Gasteiger partial charge in [0.2, 0.25) is 0 Å². The molecular weight excluding hydrogens is 338 g/mol. The first-order valence-corrected chi connectivity index (χ1v) is 8.72. The minimum atomic E-state index is 0.642. The van der Waals surface area contributed by atoms with Gasteiger partial charge in [0, 0.05) is 27.8 Å². The maximum Gasteiger partial charge on any atom is 0.177 e. The third-order valence-corrected chi connectivity index (χ3v) is 4.85. The number of rotatable bonds is 3. The molecule has 4 nitrogen and oxygen atoms in total. The van der Waals surface area contributed by atoms with E-state index in [1.165, 1.54) is 0 Å². The van der Waals surface area contributed by atoms with Crippen molar-refractivity contribution in [3.63, 3.8) is 0 Å². The van der Waals surface area contributed by atoms with E-state index < -0.39 is 0 Å². The van der Waals surface area contributed by atoms with Gasteiger partial charge in [0.15, 0.2) is 16.9 Å². The van der Waals surface area contributed by atoms with Crippen molar-refractivity contribution < 1.29 is 13.9 Å². The zero-order chi connectivity index (χ0) is 18.4. The van der Waals surface area contributed by atoms with Gasteiger partial charge in [-0.2, -0.15) is 0 Å². The SMILES string of the molecule is COc1cc(OC)c2oc3c(-c4ccccc4)nc4ccccc4c3c2c1. The fourth-order valence-electron chi connectivity index (χ4n) is 3.59. The first kappa shape index (κ1) is 15.7. The molecule has 0 aliphatic rings. The Morgan fingerprint density at radius 3 is 2.33 bits per heavy atom. The number of ether oxygens (including phenoxy) is 2. The van der Waals surface area contributed by atoms with Gasteiger partial charge in [-0.05, 0) is 12.1 Å². The quantitative estimate of drug-likeness (QED) is 0.409. The highest BCUT2D eigenvalue weighted by atomic mass is 16.5. The summed E-state index contributed by atoms with van der Waals surface area (Å²) in [7, 11) is 3.29. The average Bonchev–Trinajstić information content (AvgIpc) is 3.12. The molecule has 0 spiro atoms. The van der Waals surface area contributed by atoms with Gasteiger partial charge in [0.05, 0.1) is 19.7 Å². The topological polar surface area (TPSA) is 44.5 Å². The standard InChI is InChI=1S/C23H17NO3/c1-25-15-12-17-20-16-10-6-7-11-18(16)24-21(14-8-4-3-5-9-14)23(20)27-22(17)19(13-15)26-2/h3-13H,1-2H3. The van der Waals surface area contributed by atoms with Gasteiger partial charge in [-0.25, -0.2) is 4.98 Å². The van der Waals surface area contributed by atoms with E-state index >= 15 is 0 Å². The lowest BCUT2D eigenvalue weighted by atomic mass is 10.0. The molecule has 0 amide bonds. The molecule has 0 aliphatic heterocycles. The summed E-state index contributed by atoms with van der Waals surface area (Å²) in [4.78, 5) is 4.90. The number of benzene rings is 3. The molecule has 0 saturated heterocycles. The molecule has 132 valence electrons. The minimum absolute atomic E-state index is 0.642. The zero-order valence-corrected chi connectivity index (χ0v) is 15.0. The van der Waals surface area contributed by atoms with Crippen LogP contribution < -0.4 is 9.47 Å². The van der Waals surface area contributed by atoms with Crippen LogP contribution in [0.5, 0.6) is 11.5 Å². The van der Waals surface area contributed by atoms with Crippen LogP contribution in [-0.4, -0.2) is 19.2 Å². The van der Waals surface area contributed by atoms with Crippen LogP contribution in [-0.2, 0) is 0 Å². The molecule has 4 heteroatoms. The molecule has 3 aromatic carbocycles. The van der Waals surface area contributed by atoms with Crippen molar-refractivity contribution in [1.82, 2.24) is 4.98 Å². The van der Waals surface area contributed by atoms with E-state index in [0.29, 0.717) is 11.3 Å². The number of pyridine rings is 1. The van der Waals surface area contributed by atoms with Crippen molar-refractivity contribution in [1.29, 1.82) is 0 Å². The van der Waals surface area contributed by atoms with Crippen molar-refractivity contribution in [2.45, 2.75) is 0 Å². The molecule has 0 bridgehead atoms. The number of hydrogen-bond acceptors (Lipinski definition) is 4. The first-order chi connectivity index (χ1) is 13.3. The summed E-state index contributed by atoms with van der Waals surface area (Å²) in [5, 5.41) is 3.02. The fraction of sp³-hybridized carbons (Fsp3) is 0.0870. The van der Waals surface area contributed by atoms with Crippen molar-refractivity contribution in [3.05, 3.63) is 66.7 Å². The van der Waals surface area contributed by atoms with E-state index in [0.717, 1.165) is 44.3 Å². The van der Waals surface area contributed by atoms with Crippen LogP contribution in [0.1, 0.15) is 0 Å². The van der Waals surface area contributed by atoms with E-state index in [1.807, 2.05) is 60.7 Å². The van der Waals surface area contributed by atoms with Crippen molar-refractivity contribution in [2.75, 3.05) is 14.2 Å². The Labute approximate surface area is 156 Å². The number of nitrogens with zero attached hydrogens (tertiary/aromatic N) is 1. The number of aromatic nitrogens is 1. The first-order valence-electron chi connectivity index (χ1n) is 8.72. The second kappa shape index (κ2) is 6.02. The molecule has 5 aromatic rings. The highest BCUT2D eigenvalue weighted by Gasteiger charge is 2.20. The summed E-state index contributed by atoms with van der Waals surface area (Å²) >= 11 is 0. The maximum absolute atomic E-state index is 6.32. The fourth-order valence-corrected chi connectivity index (χ4v) is 3.59. The number of methoxy groups -OCH3 is 2. The van der Waals surface area contributed by atoms with Crippen LogP contribution in [0, 0.1) is 0 Å². The lowest BCUT2D eigenvalue weighted by Gasteiger charge is -2.06. The second-order valence-electron chi connectivity index (χ2n) is 6.36. The van der Waals surface area contributed by atoms with Crippen LogP contribution in [0.2, 0.25) is 0 Å². The second-order valence-corrected chi connectivity index (χ2v) is 6.36. The van der Waals surface area contributed by atoms with Crippen LogP contribution in [0.4, 0.5) is 0 Å². The summed E-state index contributed by atoms with van der Waals surface area (Å²) in [5.74, 6) is 1.37. The third kappa shape index (κ3) is 2.34. The summed E-state index contributed by atoms with van der Waals surface area (Å²) < 4.78 is 17.4. The van der Waals surface area contributed by atoms with Gasteiger partial charge in [-0.3, -0.25) is 0 Å². The Morgan fingerprint density at radius 1 is 0.778 bits per heavy atom. The summed E-state index contributed by atoms with van der Waals surface area (Å²) in [6.07, 6.45) is 0. The van der Waals surface area contributed by atoms with E-state index in [2.05, 4.69) is 6.07 Å². The monoisotopic (exact) mass is 355 g/mol. The molecule has 0 N–H and O–H groups in total. The van der Waals surface area contributed by atoms with E-state index in [-0.39, 0.29) is 0 Å². The van der Waals surface area contributed by atoms with E-state index in [9.17, 15) is 0 Å². The van der Waals surface area contributed by atoms with Gasteiger partial charge < -0.3 is 13.9 Å². The molecule has 27 heavy (non-hydrogen) atoms. The Morgan fingerprint density at radius 2 is 1.56 bits per heavy atom. The van der Waals surface area contributed by atoms with Crippen molar-refractivity contribution in [2.24, 2.45) is 0 Å². The normalized spacial score (nSPS) is 11.3. The maximum atomic E-state index is 6.32. The van der Waals surface area contributed by atoms with Gasteiger partial charge in [-0.1, -0.05) is 48.5 Å². The number of furan rings is 1. The zero-order valence-electron chi connectivity index (χ0n) is 15.0. The van der Waals surface area contributed by atoms with Gasteiger partial charge in [-0.15, -0.1) is 0 Å². The summed E-state index contributed by atoms with van der Waals surface area (Å²) in [6, 6.07) is 22.0. The van der Waals surface area contributed by atoms with Crippen LogP contribution >= 0.6 is 0 Å². The smallest absolute Gasteiger partial charge is 0.177 e. The van der Waals surface area contributed by atoms with Crippen LogP contribution in [0.3, 0.4) is 0 Å².